The standard InChI is InChI=1S/C36H42N6O2/c1-19-7-11-35(12-8-19)39-25-5-3-21(23-15-37-17-27(41-35)29(23)25)31-33(43)32(34(31)44)22-4-6-26-30-24(22)16-38-18-28(30)42-36(40-26)13-9-20(2)10-14-36/h3-6,15-20,31-34,39-44H,7-14H2,1-2H3. The summed E-state index contributed by atoms with van der Waals surface area (Å²) in [6.45, 7) is 4.67. The van der Waals surface area contributed by atoms with Crippen LogP contribution in [-0.4, -0.2) is 43.7 Å². The van der Waals surface area contributed by atoms with Crippen LogP contribution in [0.4, 0.5) is 22.7 Å². The maximum atomic E-state index is 11.8. The second-order valence-electron chi connectivity index (χ2n) is 14.7. The number of hydrogen-bond acceptors (Lipinski definition) is 8. The van der Waals surface area contributed by atoms with Gasteiger partial charge in [0.15, 0.2) is 0 Å². The van der Waals surface area contributed by atoms with Gasteiger partial charge in [-0.25, -0.2) is 0 Å². The van der Waals surface area contributed by atoms with Crippen molar-refractivity contribution in [2.45, 2.75) is 101 Å². The van der Waals surface area contributed by atoms with E-state index in [9.17, 15) is 10.2 Å². The number of hydrogen-bond donors (Lipinski definition) is 6. The highest BCUT2D eigenvalue weighted by Crippen LogP contribution is 2.54. The maximum absolute atomic E-state index is 11.8. The molecule has 4 aromatic rings. The number of benzene rings is 2. The molecule has 0 amide bonds. The van der Waals surface area contributed by atoms with Crippen molar-refractivity contribution in [1.29, 1.82) is 0 Å². The molecule has 2 aromatic carbocycles. The average Bonchev–Trinajstić information content (AvgIpc) is 3.03. The zero-order valence-corrected chi connectivity index (χ0v) is 25.5. The van der Waals surface area contributed by atoms with Gasteiger partial charge in [0.25, 0.3) is 0 Å². The first-order chi connectivity index (χ1) is 21.3. The van der Waals surface area contributed by atoms with Crippen molar-refractivity contribution in [2.75, 3.05) is 21.3 Å². The van der Waals surface area contributed by atoms with Gasteiger partial charge in [0.1, 0.15) is 11.3 Å². The molecule has 0 saturated heterocycles. The lowest BCUT2D eigenvalue weighted by molar-refractivity contribution is -0.0775. The fourth-order valence-electron chi connectivity index (χ4n) is 9.16. The Morgan fingerprint density at radius 3 is 1.36 bits per heavy atom. The third kappa shape index (κ3) is 3.83. The van der Waals surface area contributed by atoms with Crippen molar-refractivity contribution < 1.29 is 10.2 Å². The van der Waals surface area contributed by atoms with Gasteiger partial charge in [0.05, 0.1) is 36.0 Å². The fraction of sp³-hybridized carbons (Fsp3) is 0.500. The molecule has 2 aromatic heterocycles. The third-order valence-electron chi connectivity index (χ3n) is 11.9. The predicted octanol–water partition coefficient (Wildman–Crippen LogP) is 6.87. The highest BCUT2D eigenvalue weighted by molar-refractivity contribution is 6.07. The van der Waals surface area contributed by atoms with Crippen LogP contribution in [0, 0.1) is 11.8 Å². The summed E-state index contributed by atoms with van der Waals surface area (Å²) < 4.78 is 0. The molecule has 3 saturated carbocycles. The van der Waals surface area contributed by atoms with E-state index in [2.05, 4.69) is 69.3 Å². The smallest absolute Gasteiger partial charge is 0.108 e. The molecule has 2 spiro atoms. The number of nitrogens with one attached hydrogen (secondary N) is 4. The lowest BCUT2D eigenvalue weighted by Gasteiger charge is -2.49. The number of anilines is 4. The van der Waals surface area contributed by atoms with Crippen LogP contribution in [0.3, 0.4) is 0 Å². The van der Waals surface area contributed by atoms with E-state index < -0.39 is 24.0 Å². The Balaban J connectivity index is 1.04. The molecule has 3 fully saturated rings. The zero-order chi connectivity index (χ0) is 29.8. The van der Waals surface area contributed by atoms with E-state index in [1.165, 1.54) is 25.7 Å². The molecule has 0 radical (unpaired) electrons. The molecule has 0 bridgehead atoms. The lowest BCUT2D eigenvalue weighted by atomic mass is 9.62. The molecule has 2 aliphatic heterocycles. The minimum atomic E-state index is -0.731. The molecule has 0 unspecified atom stereocenters. The molecule has 3 aliphatic carbocycles. The number of pyridine rings is 2. The summed E-state index contributed by atoms with van der Waals surface area (Å²) in [6.07, 6.45) is 15.2. The second kappa shape index (κ2) is 9.44. The largest absolute Gasteiger partial charge is 0.392 e. The quantitative estimate of drug-likeness (QED) is 0.150. The number of aromatic nitrogens is 2. The molecular formula is C36H42N6O2. The van der Waals surface area contributed by atoms with Crippen LogP contribution in [-0.2, 0) is 0 Å². The number of aliphatic hydroxyl groups is 2. The van der Waals surface area contributed by atoms with E-state index in [1.807, 2.05) is 24.8 Å². The molecule has 9 rings (SSSR count). The van der Waals surface area contributed by atoms with Gasteiger partial charge in [-0.2, -0.15) is 0 Å². The van der Waals surface area contributed by atoms with Crippen molar-refractivity contribution in [2.24, 2.45) is 11.8 Å². The zero-order valence-electron chi connectivity index (χ0n) is 25.5. The summed E-state index contributed by atoms with van der Waals surface area (Å²) in [4.78, 5) is 9.24. The normalized spacial score (nSPS) is 35.5. The number of nitrogens with zero attached hydrogens (tertiary/aromatic N) is 2. The lowest BCUT2D eigenvalue weighted by Crippen LogP contribution is -2.52. The van der Waals surface area contributed by atoms with Crippen molar-refractivity contribution >= 4 is 44.3 Å². The van der Waals surface area contributed by atoms with Gasteiger partial charge in [-0.3, -0.25) is 9.97 Å². The topological polar surface area (TPSA) is 114 Å². The molecule has 8 heteroatoms. The Morgan fingerprint density at radius 2 is 0.955 bits per heavy atom. The molecule has 0 atom stereocenters. The molecule has 8 nitrogen and oxygen atoms in total. The number of aliphatic hydroxyl groups excluding tert-OH is 2. The van der Waals surface area contributed by atoms with E-state index in [1.54, 1.807) is 0 Å². The van der Waals surface area contributed by atoms with Crippen LogP contribution >= 0.6 is 0 Å². The first kappa shape index (κ1) is 26.8. The van der Waals surface area contributed by atoms with E-state index in [-0.39, 0.29) is 11.3 Å². The highest BCUT2D eigenvalue weighted by Gasteiger charge is 2.52. The van der Waals surface area contributed by atoms with Crippen LogP contribution in [0.2, 0.25) is 0 Å². The van der Waals surface area contributed by atoms with Gasteiger partial charge in [0, 0.05) is 57.1 Å². The van der Waals surface area contributed by atoms with Crippen molar-refractivity contribution in [3.05, 3.63) is 60.2 Å². The molecule has 228 valence electrons. The first-order valence-electron chi connectivity index (χ1n) is 16.6. The monoisotopic (exact) mass is 590 g/mol. The van der Waals surface area contributed by atoms with E-state index in [4.69, 9.17) is 0 Å². The van der Waals surface area contributed by atoms with Crippen molar-refractivity contribution in [1.82, 2.24) is 9.97 Å². The maximum Gasteiger partial charge on any atom is 0.108 e. The van der Waals surface area contributed by atoms with Crippen LogP contribution < -0.4 is 21.3 Å². The molecule has 4 heterocycles. The average molecular weight is 591 g/mol. The highest BCUT2D eigenvalue weighted by atomic mass is 16.3. The molecule has 6 N–H and O–H groups in total. The van der Waals surface area contributed by atoms with Gasteiger partial charge < -0.3 is 31.5 Å². The summed E-state index contributed by atoms with van der Waals surface area (Å²) in [5.41, 5.74) is 5.90. The second-order valence-corrected chi connectivity index (χ2v) is 14.7. The Hall–Kier alpha value is -3.62. The van der Waals surface area contributed by atoms with Gasteiger partial charge in [-0.15, -0.1) is 0 Å². The van der Waals surface area contributed by atoms with E-state index in [0.29, 0.717) is 0 Å². The van der Waals surface area contributed by atoms with Crippen LogP contribution in [0.1, 0.15) is 88.2 Å². The number of rotatable bonds is 2. The summed E-state index contributed by atoms with van der Waals surface area (Å²) in [6, 6.07) is 8.46. The van der Waals surface area contributed by atoms with Crippen LogP contribution in [0.15, 0.2) is 49.1 Å². The van der Waals surface area contributed by atoms with E-state index in [0.717, 1.165) is 92.9 Å². The molecule has 5 aliphatic rings. The third-order valence-corrected chi connectivity index (χ3v) is 11.9. The van der Waals surface area contributed by atoms with Crippen molar-refractivity contribution in [3.63, 3.8) is 0 Å². The Labute approximate surface area is 258 Å². The summed E-state index contributed by atoms with van der Waals surface area (Å²) in [5.74, 6) is 0.694. The van der Waals surface area contributed by atoms with Gasteiger partial charge in [-0.05, 0) is 86.5 Å². The first-order valence-corrected chi connectivity index (χ1v) is 16.6. The van der Waals surface area contributed by atoms with Gasteiger partial charge in [-0.1, -0.05) is 26.0 Å². The van der Waals surface area contributed by atoms with E-state index >= 15 is 0 Å². The van der Waals surface area contributed by atoms with Crippen LogP contribution in [0.5, 0.6) is 0 Å². The Morgan fingerprint density at radius 1 is 0.568 bits per heavy atom. The Bertz CT molecular complexity index is 1620. The minimum Gasteiger partial charge on any atom is -0.392 e. The predicted molar refractivity (Wildman–Crippen MR) is 176 cm³/mol. The summed E-state index contributed by atoms with van der Waals surface area (Å²) >= 11 is 0. The fourth-order valence-corrected chi connectivity index (χ4v) is 9.16. The van der Waals surface area contributed by atoms with Gasteiger partial charge >= 0.3 is 0 Å². The summed E-state index contributed by atoms with van der Waals surface area (Å²) in [7, 11) is 0. The van der Waals surface area contributed by atoms with Crippen LogP contribution in [0.25, 0.3) is 21.5 Å². The Kier molecular flexibility index (Phi) is 5.74. The van der Waals surface area contributed by atoms with Crippen molar-refractivity contribution in [3.8, 4) is 0 Å². The minimum absolute atomic E-state index is 0.140. The molecule has 44 heavy (non-hydrogen) atoms. The summed E-state index contributed by atoms with van der Waals surface area (Å²) in [5, 5.41) is 43.0. The molecular weight excluding hydrogens is 548 g/mol. The van der Waals surface area contributed by atoms with Gasteiger partial charge in [0.2, 0.25) is 0 Å². The SMILES string of the molecule is CC1CCC2(CC1)Nc1ccc(C3C(O)C(c4ccc5c6c(cncc46)NC4(CCC(C)CC4)N5)C3O)c3cncc(c13)N2.